The highest BCUT2D eigenvalue weighted by molar-refractivity contribution is 6.58. The lowest BCUT2D eigenvalue weighted by Gasteiger charge is -2.25. The Balaban J connectivity index is 2.01. The molecule has 3 aromatic rings. The number of carbonyl (C=O) groups excluding carboxylic acids is 2. The van der Waals surface area contributed by atoms with Crippen molar-refractivity contribution in [3.05, 3.63) is 70.0 Å². The molecule has 0 bridgehead atoms. The summed E-state index contributed by atoms with van der Waals surface area (Å²) in [5.41, 5.74) is 4.98. The van der Waals surface area contributed by atoms with Gasteiger partial charge in [-0.15, -0.1) is 13.2 Å². The fraction of sp³-hybridized carbons (Fsp3) is 0.0952. The summed E-state index contributed by atoms with van der Waals surface area (Å²) in [6.07, 6.45) is -3.78. The van der Waals surface area contributed by atoms with Gasteiger partial charge in [0.25, 0.3) is 11.8 Å². The zero-order chi connectivity index (χ0) is 27.5. The number of alkyl halides is 3. The molecule has 8 nitrogen and oxygen atoms in total. The molecule has 1 heterocycles. The molecular formula is C21H11B3Cl2F3N3O5. The molecule has 0 aliphatic heterocycles. The number of ether oxygens (including phenoxy) is 3. The molecule has 16 heteroatoms. The fourth-order valence-electron chi connectivity index (χ4n) is 2.85. The largest absolute Gasteiger partial charge is 0.573 e. The van der Waals surface area contributed by atoms with Crippen LogP contribution in [0, 0.1) is 0 Å². The molecule has 0 fully saturated rings. The van der Waals surface area contributed by atoms with E-state index in [-0.39, 0.29) is 38.5 Å². The summed E-state index contributed by atoms with van der Waals surface area (Å²) in [4.78, 5) is 28.2. The molecule has 0 unspecified atom stereocenters. The minimum Gasteiger partial charge on any atom is -0.512 e. The van der Waals surface area contributed by atoms with Crippen LogP contribution in [0.5, 0.6) is 23.0 Å². The number of benzene rings is 2. The molecule has 0 saturated heterocycles. The van der Waals surface area contributed by atoms with Crippen molar-refractivity contribution in [3.8, 4) is 23.0 Å². The number of hydrogen-bond donors (Lipinski definition) is 2. The molecule has 1 aromatic heterocycles. The highest BCUT2D eigenvalue weighted by atomic mass is 35.5. The molecule has 37 heavy (non-hydrogen) atoms. The normalized spacial score (nSPS) is 11.5. The summed E-state index contributed by atoms with van der Waals surface area (Å²) >= 11 is 12.3. The Bertz CT molecular complexity index is 1360. The van der Waals surface area contributed by atoms with Crippen LogP contribution in [0.1, 0.15) is 20.8 Å². The molecule has 0 saturated carbocycles. The van der Waals surface area contributed by atoms with Crippen LogP contribution in [0.15, 0.2) is 48.7 Å². The average Bonchev–Trinajstić information content (AvgIpc) is 2.73. The second kappa shape index (κ2) is 10.9. The van der Waals surface area contributed by atoms with Gasteiger partial charge in [0.1, 0.15) is 46.3 Å². The third-order valence-corrected chi connectivity index (χ3v) is 4.69. The average molecular weight is 546 g/mol. The summed E-state index contributed by atoms with van der Waals surface area (Å²) in [6.45, 7) is 0. The maximum Gasteiger partial charge on any atom is 0.573 e. The Morgan fingerprint density at radius 2 is 1.65 bits per heavy atom. The second-order valence-corrected chi connectivity index (χ2v) is 8.07. The van der Waals surface area contributed by atoms with Gasteiger partial charge in [0.15, 0.2) is 11.5 Å². The number of aromatic nitrogens is 1. The van der Waals surface area contributed by atoms with Crippen molar-refractivity contribution in [2.45, 2.75) is 11.7 Å². The molecule has 0 spiro atoms. The number of hydrogen-bond acceptors (Lipinski definition) is 6. The van der Waals surface area contributed by atoms with E-state index in [0.717, 1.165) is 18.2 Å². The number of halogens is 5. The maximum absolute atomic E-state index is 13.1. The van der Waals surface area contributed by atoms with Crippen molar-refractivity contribution >= 4 is 64.2 Å². The molecule has 3 N–H and O–H groups in total. The van der Waals surface area contributed by atoms with Gasteiger partial charge in [0, 0.05) is 29.0 Å². The predicted octanol–water partition coefficient (Wildman–Crippen LogP) is 3.93. The van der Waals surface area contributed by atoms with Crippen molar-refractivity contribution in [2.24, 2.45) is 5.73 Å². The van der Waals surface area contributed by atoms with Gasteiger partial charge in [-0.25, -0.2) is 0 Å². The molecule has 0 atom stereocenters. The number of amides is 2. The van der Waals surface area contributed by atoms with Crippen LogP contribution in [-0.2, 0) is 0 Å². The topological polar surface area (TPSA) is 113 Å². The van der Waals surface area contributed by atoms with Gasteiger partial charge in [0.05, 0.1) is 5.02 Å². The molecular weight excluding hydrogens is 535 g/mol. The Morgan fingerprint density at radius 3 is 2.27 bits per heavy atom. The molecule has 184 valence electrons. The van der Waals surface area contributed by atoms with E-state index in [1.54, 1.807) is 0 Å². The zero-order valence-electron chi connectivity index (χ0n) is 18.3. The Hall–Kier alpha value is -3.51. The van der Waals surface area contributed by atoms with E-state index in [2.05, 4.69) is 15.0 Å². The van der Waals surface area contributed by atoms with E-state index in [0.29, 0.717) is 0 Å². The first-order valence-corrected chi connectivity index (χ1v) is 10.6. The lowest BCUT2D eigenvalue weighted by atomic mass is 9.52. The van der Waals surface area contributed by atoms with Gasteiger partial charge in [-0.3, -0.25) is 14.6 Å². The fourth-order valence-corrected chi connectivity index (χ4v) is 3.41. The van der Waals surface area contributed by atoms with Crippen LogP contribution in [0.3, 0.4) is 0 Å². The summed E-state index contributed by atoms with van der Waals surface area (Å²) in [6, 6.07) is 7.72. The van der Waals surface area contributed by atoms with Crippen LogP contribution in [-0.4, -0.2) is 52.0 Å². The molecule has 0 aliphatic rings. The van der Waals surface area contributed by atoms with Gasteiger partial charge in [-0.05, 0) is 35.6 Å². The van der Waals surface area contributed by atoms with Crippen LogP contribution < -0.4 is 25.3 Å². The number of nitrogens with one attached hydrogen (secondary N) is 1. The number of pyridine rings is 1. The van der Waals surface area contributed by atoms with Crippen molar-refractivity contribution in [1.29, 1.82) is 0 Å². The zero-order valence-corrected chi connectivity index (χ0v) is 19.8. The van der Waals surface area contributed by atoms with Crippen LogP contribution in [0.2, 0.25) is 10.0 Å². The highest BCUT2D eigenvalue weighted by Crippen LogP contribution is 2.41. The maximum atomic E-state index is 13.1. The van der Waals surface area contributed by atoms with E-state index in [1.165, 1.54) is 30.5 Å². The third kappa shape index (κ3) is 7.99. The van der Waals surface area contributed by atoms with Crippen LogP contribution in [0.4, 0.5) is 18.9 Å². The van der Waals surface area contributed by atoms with E-state index in [4.69, 9.17) is 61.9 Å². The van der Waals surface area contributed by atoms with Gasteiger partial charge in [0.2, 0.25) is 0 Å². The number of anilines is 1. The van der Waals surface area contributed by atoms with Crippen molar-refractivity contribution in [1.82, 2.24) is 4.98 Å². The summed E-state index contributed by atoms with van der Waals surface area (Å²) < 4.78 is 52.7. The monoisotopic (exact) mass is 545 g/mol. The number of primary amides is 1. The summed E-state index contributed by atoms with van der Waals surface area (Å²) in [5.74, 6) is -3.35. The highest BCUT2D eigenvalue weighted by Gasteiger charge is 2.32. The molecule has 0 aliphatic carbocycles. The minimum absolute atomic E-state index is 0.0433. The number of nitrogens with two attached hydrogens (primary N) is 1. The Kier molecular flexibility index (Phi) is 8.23. The number of carbonyl (C=O) groups is 2. The minimum atomic E-state index is -5.02. The summed E-state index contributed by atoms with van der Waals surface area (Å²) in [7, 11) is 16.3. The molecule has 2 aromatic carbocycles. The first kappa shape index (κ1) is 28.1. The number of nitrogens with zero attached hydrogens (tertiary/aromatic N) is 1. The number of rotatable bonds is 8. The lowest BCUT2D eigenvalue weighted by molar-refractivity contribution is -0.274. The first-order chi connectivity index (χ1) is 17.1. The third-order valence-electron chi connectivity index (χ3n) is 4.17. The molecule has 2 amide bonds. The first-order valence-electron chi connectivity index (χ1n) is 9.81. The Morgan fingerprint density at radius 1 is 0.946 bits per heavy atom. The predicted molar refractivity (Wildman–Crippen MR) is 131 cm³/mol. The molecule has 6 radical (unpaired) electrons. The SMILES string of the molecule is [B]C([B])([B])Oc1cc(OC(F)(F)F)ccc1Oc1cc(Cl)cc(Cl)c1C(=O)Nc1ccnc(C(N)=O)c1. The van der Waals surface area contributed by atoms with Gasteiger partial charge < -0.3 is 25.3 Å². The smallest absolute Gasteiger partial charge is 0.512 e. The lowest BCUT2D eigenvalue weighted by Crippen LogP contribution is -2.37. The van der Waals surface area contributed by atoms with E-state index in [1.807, 2.05) is 0 Å². The summed E-state index contributed by atoms with van der Waals surface area (Å²) in [5, 5.41) is 0.0499. The van der Waals surface area contributed by atoms with Crippen molar-refractivity contribution in [2.75, 3.05) is 5.32 Å². The van der Waals surface area contributed by atoms with E-state index < -0.39 is 35.0 Å². The quantitative estimate of drug-likeness (QED) is 0.415. The van der Waals surface area contributed by atoms with Crippen molar-refractivity contribution in [3.63, 3.8) is 0 Å². The second-order valence-electron chi connectivity index (χ2n) is 7.22. The van der Waals surface area contributed by atoms with Gasteiger partial charge in [-0.2, -0.15) is 0 Å². The van der Waals surface area contributed by atoms with Crippen molar-refractivity contribution < 1.29 is 37.0 Å². The van der Waals surface area contributed by atoms with E-state index in [9.17, 15) is 22.8 Å². The van der Waals surface area contributed by atoms with Gasteiger partial charge in [-0.1, -0.05) is 23.2 Å². The van der Waals surface area contributed by atoms with Gasteiger partial charge >= 0.3 is 6.36 Å². The van der Waals surface area contributed by atoms with E-state index >= 15 is 0 Å². The van der Waals surface area contributed by atoms with Crippen LogP contribution in [0.25, 0.3) is 0 Å². The Labute approximate surface area is 221 Å². The molecule has 3 rings (SSSR count). The standard InChI is InChI=1S/C21H11B3Cl2F3N3O5/c22-20(23,24)37-15-8-11(36-21(27,28)29)1-2-14(15)35-16-6-9(25)5-12(26)17(16)19(34)32-10-3-4-31-13(7-10)18(30)33/h1-8H,(H2,30,33)(H,31,32,34). The van der Waals surface area contributed by atoms with Crippen LogP contribution >= 0.6 is 23.2 Å².